The first-order valence-corrected chi connectivity index (χ1v) is 9.27. The topological polar surface area (TPSA) is 81.8 Å². The molecule has 8 heteroatoms. The fourth-order valence-electron chi connectivity index (χ4n) is 2.92. The number of nitrogens with zero attached hydrogens (tertiary/aromatic N) is 2. The lowest BCUT2D eigenvalue weighted by Crippen LogP contribution is -2.49. The number of hydrogen-bond acceptors (Lipinski definition) is 4. The van der Waals surface area contributed by atoms with Gasteiger partial charge in [0.05, 0.1) is 6.42 Å². The maximum atomic E-state index is 12.7. The molecule has 0 aliphatic carbocycles. The Balaban J connectivity index is 1.75. The van der Waals surface area contributed by atoms with Crippen LogP contribution in [-0.2, 0) is 9.59 Å². The molecular weight excluding hydrogens is 376 g/mol. The van der Waals surface area contributed by atoms with Crippen molar-refractivity contribution in [3.05, 3.63) is 66.2 Å². The van der Waals surface area contributed by atoms with Gasteiger partial charge in [0, 0.05) is 17.8 Å². The Hall–Kier alpha value is -3.26. The van der Waals surface area contributed by atoms with E-state index in [1.165, 1.54) is 9.91 Å². The molecule has 0 bridgehead atoms. The van der Waals surface area contributed by atoms with Crippen LogP contribution in [0, 0.1) is 0 Å². The summed E-state index contributed by atoms with van der Waals surface area (Å²) in [5, 5.41) is 4.23. The van der Waals surface area contributed by atoms with E-state index in [-0.39, 0.29) is 23.3 Å². The van der Waals surface area contributed by atoms with Crippen LogP contribution in [0.3, 0.4) is 0 Å². The smallest absolute Gasteiger partial charge is 0.269 e. The van der Waals surface area contributed by atoms with Crippen LogP contribution in [0.25, 0.3) is 0 Å². The third kappa shape index (κ3) is 4.17. The number of likely N-dealkylation sites (N-methyl/N-ethyl adjacent to an activating group) is 1. The summed E-state index contributed by atoms with van der Waals surface area (Å²) in [7, 11) is 0. The average molecular weight is 396 g/mol. The highest BCUT2D eigenvalue weighted by atomic mass is 32.1. The number of nitrogens with one attached hydrogen (secondary N) is 2. The van der Waals surface area contributed by atoms with Crippen LogP contribution in [0.4, 0.5) is 5.69 Å². The van der Waals surface area contributed by atoms with Crippen LogP contribution in [0.15, 0.2) is 60.7 Å². The van der Waals surface area contributed by atoms with E-state index in [2.05, 4.69) is 10.7 Å². The summed E-state index contributed by atoms with van der Waals surface area (Å²) in [6.45, 7) is 2.14. The molecule has 2 aromatic rings. The summed E-state index contributed by atoms with van der Waals surface area (Å²) >= 11 is 5.35. The van der Waals surface area contributed by atoms with Crippen molar-refractivity contribution in [3.8, 4) is 0 Å². The van der Waals surface area contributed by atoms with Crippen LogP contribution in [0.1, 0.15) is 23.7 Å². The van der Waals surface area contributed by atoms with Gasteiger partial charge in [0.15, 0.2) is 5.11 Å². The molecule has 0 aromatic heterocycles. The largest absolute Gasteiger partial charge is 0.326 e. The van der Waals surface area contributed by atoms with Crippen LogP contribution in [0.2, 0.25) is 0 Å². The fourth-order valence-corrected chi connectivity index (χ4v) is 3.31. The summed E-state index contributed by atoms with van der Waals surface area (Å²) in [5.41, 5.74) is 3.73. The van der Waals surface area contributed by atoms with Crippen molar-refractivity contribution in [2.24, 2.45) is 0 Å². The van der Waals surface area contributed by atoms with E-state index in [1.54, 1.807) is 61.5 Å². The van der Waals surface area contributed by atoms with Gasteiger partial charge in [0.25, 0.3) is 11.8 Å². The molecule has 3 amide bonds. The van der Waals surface area contributed by atoms with Crippen LogP contribution >= 0.6 is 12.2 Å². The molecule has 1 aliphatic heterocycles. The molecule has 1 saturated heterocycles. The van der Waals surface area contributed by atoms with Gasteiger partial charge in [-0.2, -0.15) is 0 Å². The predicted molar refractivity (Wildman–Crippen MR) is 109 cm³/mol. The van der Waals surface area contributed by atoms with Crippen molar-refractivity contribution in [1.82, 2.24) is 15.3 Å². The summed E-state index contributed by atoms with van der Waals surface area (Å²) in [5.74, 6) is -1.06. The van der Waals surface area contributed by atoms with E-state index in [0.29, 0.717) is 17.8 Å². The highest BCUT2D eigenvalue weighted by molar-refractivity contribution is 7.80. The second-order valence-electron chi connectivity index (χ2n) is 6.18. The minimum Gasteiger partial charge on any atom is -0.326 e. The molecule has 1 heterocycles. The number of carbonyl (C=O) groups excluding carboxylic acids is 3. The van der Waals surface area contributed by atoms with Crippen molar-refractivity contribution in [2.75, 3.05) is 11.9 Å². The fraction of sp³-hybridized carbons (Fsp3) is 0.200. The summed E-state index contributed by atoms with van der Waals surface area (Å²) in [6.07, 6.45) is -0.139. The highest BCUT2D eigenvalue weighted by Crippen LogP contribution is 2.20. The van der Waals surface area contributed by atoms with Gasteiger partial charge >= 0.3 is 0 Å². The van der Waals surface area contributed by atoms with Gasteiger partial charge in [-0.15, -0.1) is 0 Å². The van der Waals surface area contributed by atoms with Gasteiger partial charge in [-0.05, 0) is 43.4 Å². The number of hydrogen-bond donors (Lipinski definition) is 2. The number of thiocarbonyl (C=S) groups is 1. The zero-order chi connectivity index (χ0) is 20.1. The Morgan fingerprint density at radius 2 is 1.64 bits per heavy atom. The summed E-state index contributed by atoms with van der Waals surface area (Å²) < 4.78 is 0. The Morgan fingerprint density at radius 3 is 2.25 bits per heavy atom. The summed E-state index contributed by atoms with van der Waals surface area (Å²) in [6, 6.07) is 16.7. The number of hydrazine groups is 1. The first kappa shape index (κ1) is 19.5. The molecule has 2 N–H and O–H groups in total. The lowest BCUT2D eigenvalue weighted by molar-refractivity contribution is -0.130. The molecule has 28 heavy (non-hydrogen) atoms. The van der Waals surface area contributed by atoms with Gasteiger partial charge in [0.1, 0.15) is 6.04 Å². The third-order valence-corrected chi connectivity index (χ3v) is 4.73. The molecule has 2 aromatic carbocycles. The number of amides is 3. The van der Waals surface area contributed by atoms with Crippen molar-refractivity contribution in [1.29, 1.82) is 0 Å². The molecule has 144 valence electrons. The zero-order valence-corrected chi connectivity index (χ0v) is 16.1. The molecule has 1 fully saturated rings. The highest BCUT2D eigenvalue weighted by Gasteiger charge is 2.43. The van der Waals surface area contributed by atoms with E-state index < -0.39 is 11.9 Å². The van der Waals surface area contributed by atoms with E-state index in [0.717, 1.165) is 0 Å². The lowest BCUT2D eigenvalue weighted by Gasteiger charge is -2.24. The van der Waals surface area contributed by atoms with Gasteiger partial charge < -0.3 is 5.32 Å². The van der Waals surface area contributed by atoms with E-state index in [9.17, 15) is 14.4 Å². The summed E-state index contributed by atoms with van der Waals surface area (Å²) in [4.78, 5) is 39.1. The normalized spacial score (nSPS) is 16.2. The minimum atomic E-state index is -0.899. The predicted octanol–water partition coefficient (Wildman–Crippen LogP) is 2.18. The van der Waals surface area contributed by atoms with Crippen LogP contribution in [-0.4, -0.2) is 45.3 Å². The molecule has 1 aliphatic rings. The monoisotopic (exact) mass is 396 g/mol. The lowest BCUT2D eigenvalue weighted by atomic mass is 10.2. The number of carbonyl (C=O) groups is 3. The molecule has 0 spiro atoms. The van der Waals surface area contributed by atoms with Crippen LogP contribution in [0.5, 0.6) is 0 Å². The van der Waals surface area contributed by atoms with Gasteiger partial charge in [-0.3, -0.25) is 24.7 Å². The molecule has 0 radical (unpaired) electrons. The number of rotatable bonds is 6. The Bertz CT molecular complexity index is 889. The first-order chi connectivity index (χ1) is 13.5. The Morgan fingerprint density at radius 1 is 1.04 bits per heavy atom. The molecule has 0 unspecified atom stereocenters. The zero-order valence-electron chi connectivity index (χ0n) is 15.3. The Kier molecular flexibility index (Phi) is 6.00. The standard InChI is InChI=1S/C20H20N4O3S/c1-2-23-19(27)16(13-17(25)21-15-11-7-4-8-12-15)24(20(23)28)22-18(26)14-9-5-3-6-10-14/h3-12,16H,2,13H2,1H3,(H,21,25)(H,22,26)/t16-/m0/s1. The van der Waals surface area contributed by atoms with Crippen molar-refractivity contribution in [2.45, 2.75) is 19.4 Å². The van der Waals surface area contributed by atoms with Crippen molar-refractivity contribution in [3.63, 3.8) is 0 Å². The van der Waals surface area contributed by atoms with Crippen molar-refractivity contribution < 1.29 is 14.4 Å². The molecular formula is C20H20N4O3S. The number of anilines is 1. The Labute approximate surface area is 168 Å². The maximum Gasteiger partial charge on any atom is 0.269 e. The second-order valence-corrected chi connectivity index (χ2v) is 6.54. The van der Waals surface area contributed by atoms with Crippen molar-refractivity contribution >= 4 is 40.7 Å². The third-order valence-electron chi connectivity index (χ3n) is 4.31. The molecule has 0 saturated carbocycles. The maximum absolute atomic E-state index is 12.7. The van der Waals surface area contributed by atoms with Gasteiger partial charge in [0.2, 0.25) is 5.91 Å². The van der Waals surface area contributed by atoms with E-state index in [4.69, 9.17) is 12.2 Å². The first-order valence-electron chi connectivity index (χ1n) is 8.86. The SMILES string of the molecule is CCN1C(=O)[C@H](CC(=O)Nc2ccccc2)N(NC(=O)c2ccccc2)C1=S. The molecule has 7 nitrogen and oxygen atoms in total. The van der Waals surface area contributed by atoms with E-state index >= 15 is 0 Å². The van der Waals surface area contributed by atoms with Crippen LogP contribution < -0.4 is 10.7 Å². The van der Waals surface area contributed by atoms with Gasteiger partial charge in [-0.25, -0.2) is 5.01 Å². The molecule has 1 atom stereocenters. The second kappa shape index (κ2) is 8.62. The quantitative estimate of drug-likeness (QED) is 0.732. The molecule has 3 rings (SSSR count). The minimum absolute atomic E-state index is 0.139. The number of para-hydroxylation sites is 1. The average Bonchev–Trinajstić information content (AvgIpc) is 2.92. The van der Waals surface area contributed by atoms with E-state index in [1.807, 2.05) is 6.07 Å². The van der Waals surface area contributed by atoms with Gasteiger partial charge in [-0.1, -0.05) is 36.4 Å². The number of benzene rings is 2.